The molecule has 3 aromatic carbocycles. The fourth-order valence-corrected chi connectivity index (χ4v) is 5.64. The highest BCUT2D eigenvalue weighted by Gasteiger charge is 2.45. The average Bonchev–Trinajstić information content (AvgIpc) is 3.06. The average molecular weight is 581 g/mol. The molecule has 0 aromatic heterocycles. The van der Waals surface area contributed by atoms with Gasteiger partial charge in [0.2, 0.25) is 0 Å². The molecule has 0 saturated heterocycles. The second kappa shape index (κ2) is 11.4. The van der Waals surface area contributed by atoms with Gasteiger partial charge in [0.15, 0.2) is 5.78 Å². The van der Waals surface area contributed by atoms with Crippen LogP contribution in [0.5, 0.6) is 11.5 Å². The Morgan fingerprint density at radius 3 is 2.60 bits per heavy atom. The number of phenols is 1. The number of hydrogen-bond donors (Lipinski definition) is 2. The topological polar surface area (TPSA) is 88.1 Å². The number of amides is 1. The van der Waals surface area contributed by atoms with Crippen molar-refractivity contribution in [3.63, 3.8) is 0 Å². The number of ketones is 1. The third-order valence-electron chi connectivity index (χ3n) is 7.02. The fraction of sp³-hybridized carbons (Fsp3) is 0.290. The van der Waals surface area contributed by atoms with Crippen LogP contribution in [0.1, 0.15) is 43.9 Å². The maximum Gasteiger partial charge on any atom is 0.415 e. The first-order chi connectivity index (χ1) is 19.2. The van der Waals surface area contributed by atoms with Gasteiger partial charge in [0.05, 0.1) is 17.6 Å². The number of carbonyl (C=O) groups excluding carboxylic acids is 2. The summed E-state index contributed by atoms with van der Waals surface area (Å²) in [5.74, 6) is 0.465. The maximum atomic E-state index is 13.8. The molecule has 208 valence electrons. The zero-order valence-electron chi connectivity index (χ0n) is 22.2. The van der Waals surface area contributed by atoms with Gasteiger partial charge in [-0.3, -0.25) is 9.69 Å². The fourth-order valence-electron chi connectivity index (χ4n) is 5.29. The highest BCUT2D eigenvalue weighted by Crippen LogP contribution is 2.51. The van der Waals surface area contributed by atoms with Gasteiger partial charge in [-0.15, -0.1) is 11.6 Å². The number of fused-ring (bicyclic) bond motifs is 1. The number of rotatable bonds is 6. The Morgan fingerprint density at radius 1 is 1.10 bits per heavy atom. The van der Waals surface area contributed by atoms with Crippen molar-refractivity contribution in [2.75, 3.05) is 22.7 Å². The van der Waals surface area contributed by atoms with Crippen molar-refractivity contribution in [3.05, 3.63) is 94.1 Å². The number of hydrogen-bond acceptors (Lipinski definition) is 6. The third-order valence-corrected chi connectivity index (χ3v) is 7.50. The van der Waals surface area contributed by atoms with Gasteiger partial charge in [0, 0.05) is 22.7 Å². The van der Waals surface area contributed by atoms with Crippen LogP contribution in [0.25, 0.3) is 0 Å². The quantitative estimate of drug-likeness (QED) is 0.230. The van der Waals surface area contributed by atoms with Crippen LogP contribution in [0.4, 0.5) is 16.2 Å². The number of allylic oxidation sites excluding steroid dienone is 1. The van der Waals surface area contributed by atoms with Gasteiger partial charge in [-0.05, 0) is 47.2 Å². The van der Waals surface area contributed by atoms with E-state index in [9.17, 15) is 14.7 Å². The summed E-state index contributed by atoms with van der Waals surface area (Å²) in [6.07, 6.45) is 0.0946. The standard InChI is InChI=1S/C31H30Cl2N2O5/c1-31(2)16-23-27(26(37)17-31)29(21-12-11-20(15-22(21)33)40-18-19-7-4-3-5-8-19)35(30(38)39-14-13-32)24-9-6-10-25(36)28(24)34-23/h3-12,15,29,34,36H,13-14,16-18H2,1-2H3. The Labute approximate surface area is 243 Å². The zero-order chi connectivity index (χ0) is 28.4. The Bertz CT molecular complexity index is 1470. The summed E-state index contributed by atoms with van der Waals surface area (Å²) in [4.78, 5) is 28.8. The van der Waals surface area contributed by atoms with E-state index in [2.05, 4.69) is 5.32 Å². The molecule has 1 atom stereocenters. The number of phenolic OH excluding ortho intramolecular Hbond substituents is 1. The van der Waals surface area contributed by atoms with Crippen molar-refractivity contribution < 1.29 is 24.2 Å². The molecule has 1 aliphatic carbocycles. The summed E-state index contributed by atoms with van der Waals surface area (Å²) < 4.78 is 11.5. The van der Waals surface area contributed by atoms with E-state index in [1.54, 1.807) is 30.3 Å². The normalized spacial score (nSPS) is 17.9. The summed E-state index contributed by atoms with van der Waals surface area (Å²) >= 11 is 12.7. The molecular weight excluding hydrogens is 551 g/mol. The predicted octanol–water partition coefficient (Wildman–Crippen LogP) is 7.62. The Hall–Kier alpha value is -3.68. The lowest BCUT2D eigenvalue weighted by Crippen LogP contribution is -2.40. The van der Waals surface area contributed by atoms with Gasteiger partial charge in [0.1, 0.15) is 30.4 Å². The number of Topliss-reactive ketones (excluding diaryl/α,β-unsaturated/α-hetero) is 1. The molecule has 0 radical (unpaired) electrons. The van der Waals surface area contributed by atoms with Gasteiger partial charge in [0.25, 0.3) is 0 Å². The number of nitrogens with zero attached hydrogens (tertiary/aromatic N) is 1. The van der Waals surface area contributed by atoms with Crippen molar-refractivity contribution in [1.29, 1.82) is 0 Å². The summed E-state index contributed by atoms with van der Waals surface area (Å²) in [5, 5.41) is 14.4. The minimum Gasteiger partial charge on any atom is -0.506 e. The molecule has 1 heterocycles. The molecule has 1 unspecified atom stereocenters. The second-order valence-electron chi connectivity index (χ2n) is 10.7. The maximum absolute atomic E-state index is 13.8. The largest absolute Gasteiger partial charge is 0.506 e. The molecule has 5 rings (SSSR count). The lowest BCUT2D eigenvalue weighted by molar-refractivity contribution is -0.118. The summed E-state index contributed by atoms with van der Waals surface area (Å²) in [6.45, 7) is 4.36. The number of halogens is 2. The van der Waals surface area contributed by atoms with Gasteiger partial charge >= 0.3 is 6.09 Å². The molecule has 0 bridgehead atoms. The first-order valence-corrected chi connectivity index (χ1v) is 13.9. The van der Waals surface area contributed by atoms with Crippen LogP contribution < -0.4 is 15.0 Å². The molecule has 1 amide bonds. The van der Waals surface area contributed by atoms with Crippen molar-refractivity contribution >= 4 is 46.5 Å². The lowest BCUT2D eigenvalue weighted by Gasteiger charge is -2.37. The van der Waals surface area contributed by atoms with E-state index >= 15 is 0 Å². The van der Waals surface area contributed by atoms with E-state index in [-0.39, 0.29) is 35.9 Å². The summed E-state index contributed by atoms with van der Waals surface area (Å²) in [7, 11) is 0. The molecule has 40 heavy (non-hydrogen) atoms. The number of benzene rings is 3. The van der Waals surface area contributed by atoms with Gasteiger partial charge in [-0.2, -0.15) is 0 Å². The first-order valence-electron chi connectivity index (χ1n) is 13.0. The molecule has 7 nitrogen and oxygen atoms in total. The molecule has 0 saturated carbocycles. The molecule has 2 N–H and O–H groups in total. The van der Waals surface area contributed by atoms with Crippen LogP contribution in [0.15, 0.2) is 78.0 Å². The van der Waals surface area contributed by atoms with E-state index < -0.39 is 12.1 Å². The van der Waals surface area contributed by atoms with E-state index in [0.717, 1.165) is 5.56 Å². The van der Waals surface area contributed by atoms with E-state index in [1.807, 2.05) is 44.2 Å². The lowest BCUT2D eigenvalue weighted by atomic mass is 9.73. The molecule has 1 aliphatic heterocycles. The van der Waals surface area contributed by atoms with Gasteiger partial charge in [-0.25, -0.2) is 4.79 Å². The van der Waals surface area contributed by atoms with Crippen molar-refractivity contribution in [2.24, 2.45) is 5.41 Å². The second-order valence-corrected chi connectivity index (χ2v) is 11.4. The van der Waals surface area contributed by atoms with Crippen LogP contribution >= 0.6 is 23.2 Å². The minimum atomic E-state index is -0.923. The molecule has 2 aliphatic rings. The van der Waals surface area contributed by atoms with Crippen molar-refractivity contribution in [3.8, 4) is 11.5 Å². The summed E-state index contributed by atoms with van der Waals surface area (Å²) in [5.41, 5.74) is 2.89. The number of ether oxygens (including phenoxy) is 2. The highest BCUT2D eigenvalue weighted by molar-refractivity contribution is 6.31. The van der Waals surface area contributed by atoms with E-state index in [4.69, 9.17) is 32.7 Å². The van der Waals surface area contributed by atoms with Crippen LogP contribution in [-0.4, -0.2) is 29.5 Å². The molecular formula is C31H30Cl2N2O5. The predicted molar refractivity (Wildman–Crippen MR) is 156 cm³/mol. The summed E-state index contributed by atoms with van der Waals surface area (Å²) in [6, 6.07) is 18.9. The van der Waals surface area contributed by atoms with Crippen LogP contribution in [0.2, 0.25) is 5.02 Å². The monoisotopic (exact) mass is 580 g/mol. The molecule has 3 aromatic rings. The number of aromatic hydroxyl groups is 1. The van der Waals surface area contributed by atoms with Crippen LogP contribution in [0, 0.1) is 5.41 Å². The van der Waals surface area contributed by atoms with E-state index in [0.29, 0.717) is 52.0 Å². The number of alkyl halides is 1. The highest BCUT2D eigenvalue weighted by atomic mass is 35.5. The Balaban J connectivity index is 1.64. The number of anilines is 2. The Kier molecular flexibility index (Phi) is 7.97. The van der Waals surface area contributed by atoms with Crippen LogP contribution in [0.3, 0.4) is 0 Å². The smallest absolute Gasteiger partial charge is 0.415 e. The number of carbonyl (C=O) groups is 2. The number of nitrogens with one attached hydrogen (secondary N) is 1. The van der Waals surface area contributed by atoms with Gasteiger partial charge in [-0.1, -0.05) is 67.9 Å². The van der Waals surface area contributed by atoms with Crippen molar-refractivity contribution in [1.82, 2.24) is 0 Å². The molecule has 0 fully saturated rings. The van der Waals surface area contributed by atoms with Crippen LogP contribution in [-0.2, 0) is 16.1 Å². The third kappa shape index (κ3) is 5.62. The molecule has 9 heteroatoms. The van der Waals surface area contributed by atoms with Crippen molar-refractivity contribution in [2.45, 2.75) is 39.3 Å². The molecule has 0 spiro atoms. The SMILES string of the molecule is CC1(C)CC(=O)C2=C(C1)Nc1c(O)cccc1N(C(=O)OCCCl)C2c1ccc(OCc2ccccc2)cc1Cl. The minimum absolute atomic E-state index is 0.0297. The first kappa shape index (κ1) is 27.9. The number of para-hydroxylation sites is 1. The zero-order valence-corrected chi connectivity index (χ0v) is 23.8. The van der Waals surface area contributed by atoms with Gasteiger partial charge < -0.3 is 19.9 Å². The Morgan fingerprint density at radius 2 is 1.88 bits per heavy atom. The van der Waals surface area contributed by atoms with E-state index in [1.165, 1.54) is 11.0 Å².